The molecule has 5 aromatic heterocycles. The van der Waals surface area contributed by atoms with Crippen LogP contribution in [0.1, 0.15) is 5.69 Å². The van der Waals surface area contributed by atoms with Crippen LogP contribution in [0.2, 0.25) is 0 Å². The maximum absolute atomic E-state index is 4.84. The first-order valence-corrected chi connectivity index (χ1v) is 10.9. The Morgan fingerprint density at radius 3 is 2.70 bits per heavy atom. The van der Waals surface area contributed by atoms with Gasteiger partial charge in [0.2, 0.25) is 0 Å². The van der Waals surface area contributed by atoms with E-state index in [0.29, 0.717) is 0 Å². The molecule has 6 rings (SSSR count). The Hall–Kier alpha value is -3.30. The number of thiophene rings is 1. The number of piperazine rings is 1. The van der Waals surface area contributed by atoms with Crippen LogP contribution in [-0.4, -0.2) is 60.3 Å². The lowest BCUT2D eigenvalue weighted by molar-refractivity contribution is 0.247. The van der Waals surface area contributed by atoms with Gasteiger partial charge in [-0.25, -0.2) is 4.98 Å². The van der Waals surface area contributed by atoms with Crippen molar-refractivity contribution in [3.05, 3.63) is 65.2 Å². The van der Waals surface area contributed by atoms with Crippen molar-refractivity contribution < 1.29 is 0 Å². The number of rotatable bonds is 4. The van der Waals surface area contributed by atoms with E-state index in [1.54, 1.807) is 11.3 Å². The summed E-state index contributed by atoms with van der Waals surface area (Å²) in [5.74, 6) is 1.75. The first-order valence-electron chi connectivity index (χ1n) is 9.98. The molecule has 150 valence electrons. The van der Waals surface area contributed by atoms with Crippen LogP contribution in [0.15, 0.2) is 59.6 Å². The fraction of sp³-hybridized carbons (Fsp3) is 0.238. The minimum atomic E-state index is 0.769. The van der Waals surface area contributed by atoms with Crippen LogP contribution in [0.3, 0.4) is 0 Å². The number of fused-ring (bicyclic) bond motifs is 2. The number of hydrogen-bond donors (Lipinski definition) is 0. The SMILES string of the molecule is c1ccn2cc(CN3CCN(c4ccc5nnc(-c6ccsc6)n5n4)CC3)nc2c1. The molecule has 30 heavy (non-hydrogen) atoms. The van der Waals surface area contributed by atoms with Gasteiger partial charge in [-0.1, -0.05) is 6.07 Å². The molecular formula is C21H20N8S. The van der Waals surface area contributed by atoms with E-state index in [1.165, 1.54) is 0 Å². The van der Waals surface area contributed by atoms with Gasteiger partial charge in [0.1, 0.15) is 11.5 Å². The van der Waals surface area contributed by atoms with Crippen molar-refractivity contribution in [3.63, 3.8) is 0 Å². The van der Waals surface area contributed by atoms with Crippen LogP contribution in [0.25, 0.3) is 22.7 Å². The van der Waals surface area contributed by atoms with E-state index < -0.39 is 0 Å². The third-order valence-electron chi connectivity index (χ3n) is 5.52. The fourth-order valence-electron chi connectivity index (χ4n) is 3.95. The van der Waals surface area contributed by atoms with Crippen LogP contribution in [0.4, 0.5) is 5.82 Å². The second-order valence-electron chi connectivity index (χ2n) is 7.46. The van der Waals surface area contributed by atoms with Crippen molar-refractivity contribution >= 4 is 28.4 Å². The van der Waals surface area contributed by atoms with Gasteiger partial charge in [-0.3, -0.25) is 4.90 Å². The summed E-state index contributed by atoms with van der Waals surface area (Å²) in [6, 6.07) is 12.2. The lowest BCUT2D eigenvalue weighted by Crippen LogP contribution is -2.46. The summed E-state index contributed by atoms with van der Waals surface area (Å²) in [7, 11) is 0. The molecule has 1 fully saturated rings. The average molecular weight is 417 g/mol. The molecule has 0 aromatic carbocycles. The lowest BCUT2D eigenvalue weighted by Gasteiger charge is -2.34. The number of pyridine rings is 1. The Kier molecular flexibility index (Phi) is 4.21. The van der Waals surface area contributed by atoms with Crippen LogP contribution in [-0.2, 0) is 6.54 Å². The molecule has 1 aliphatic rings. The smallest absolute Gasteiger partial charge is 0.186 e. The minimum absolute atomic E-state index is 0.769. The molecule has 5 aromatic rings. The molecule has 8 nitrogen and oxygen atoms in total. The number of nitrogens with zero attached hydrogens (tertiary/aromatic N) is 8. The second-order valence-corrected chi connectivity index (χ2v) is 8.24. The van der Waals surface area contributed by atoms with E-state index in [2.05, 4.69) is 36.0 Å². The molecule has 0 atom stereocenters. The van der Waals surface area contributed by atoms with Gasteiger partial charge in [-0.2, -0.15) is 15.9 Å². The summed E-state index contributed by atoms with van der Waals surface area (Å²) < 4.78 is 3.93. The van der Waals surface area contributed by atoms with Crippen LogP contribution in [0, 0.1) is 0 Å². The first-order chi connectivity index (χ1) is 14.8. The molecule has 0 unspecified atom stereocenters. The highest BCUT2D eigenvalue weighted by Gasteiger charge is 2.20. The average Bonchev–Trinajstić information content (AvgIpc) is 3.52. The monoisotopic (exact) mass is 416 g/mol. The van der Waals surface area contributed by atoms with E-state index >= 15 is 0 Å². The highest BCUT2D eigenvalue weighted by Crippen LogP contribution is 2.22. The summed E-state index contributed by atoms with van der Waals surface area (Å²) in [5.41, 5.74) is 3.93. The van der Waals surface area contributed by atoms with Gasteiger partial charge in [0.05, 0.1) is 5.69 Å². The van der Waals surface area contributed by atoms with Crippen LogP contribution < -0.4 is 4.90 Å². The van der Waals surface area contributed by atoms with Crippen molar-refractivity contribution in [2.45, 2.75) is 6.54 Å². The minimum Gasteiger partial charge on any atom is -0.353 e. The number of imidazole rings is 1. The topological polar surface area (TPSA) is 66.9 Å². The summed E-state index contributed by atoms with van der Waals surface area (Å²) in [5, 5.41) is 17.5. The third-order valence-corrected chi connectivity index (χ3v) is 6.21. The van der Waals surface area contributed by atoms with Crippen molar-refractivity contribution in [3.8, 4) is 11.4 Å². The Morgan fingerprint density at radius 2 is 1.87 bits per heavy atom. The summed E-state index contributed by atoms with van der Waals surface area (Å²) >= 11 is 1.65. The quantitative estimate of drug-likeness (QED) is 0.449. The van der Waals surface area contributed by atoms with Crippen LogP contribution >= 0.6 is 11.3 Å². The highest BCUT2D eigenvalue weighted by molar-refractivity contribution is 7.08. The van der Waals surface area contributed by atoms with E-state index in [4.69, 9.17) is 10.1 Å². The lowest BCUT2D eigenvalue weighted by atomic mass is 10.3. The predicted molar refractivity (Wildman–Crippen MR) is 117 cm³/mol. The van der Waals surface area contributed by atoms with E-state index in [9.17, 15) is 0 Å². The van der Waals surface area contributed by atoms with Gasteiger partial charge in [0, 0.05) is 56.1 Å². The van der Waals surface area contributed by atoms with Crippen molar-refractivity contribution in [2.75, 3.05) is 31.1 Å². The molecule has 0 radical (unpaired) electrons. The van der Waals surface area contributed by atoms with Gasteiger partial charge in [-0.15, -0.1) is 15.3 Å². The molecule has 9 heteroatoms. The molecule has 0 aliphatic carbocycles. The van der Waals surface area contributed by atoms with Gasteiger partial charge in [0.25, 0.3) is 0 Å². The van der Waals surface area contributed by atoms with Gasteiger partial charge >= 0.3 is 0 Å². The fourth-order valence-corrected chi connectivity index (χ4v) is 4.58. The molecule has 6 heterocycles. The summed E-state index contributed by atoms with van der Waals surface area (Å²) in [6.45, 7) is 4.69. The maximum atomic E-state index is 4.84. The van der Waals surface area contributed by atoms with E-state index in [1.807, 2.05) is 52.5 Å². The first kappa shape index (κ1) is 17.5. The van der Waals surface area contributed by atoms with Crippen molar-refractivity contribution in [1.29, 1.82) is 0 Å². The Morgan fingerprint density at radius 1 is 0.933 bits per heavy atom. The zero-order valence-electron chi connectivity index (χ0n) is 16.3. The normalized spacial score (nSPS) is 15.4. The molecule has 0 amide bonds. The van der Waals surface area contributed by atoms with Gasteiger partial charge < -0.3 is 9.30 Å². The summed E-state index contributed by atoms with van der Waals surface area (Å²) in [4.78, 5) is 9.51. The predicted octanol–water partition coefficient (Wildman–Crippen LogP) is 2.82. The van der Waals surface area contributed by atoms with Crippen molar-refractivity contribution in [2.24, 2.45) is 0 Å². The second kappa shape index (κ2) is 7.19. The van der Waals surface area contributed by atoms with E-state index in [0.717, 1.165) is 66.9 Å². The molecule has 0 bridgehead atoms. The molecule has 1 aliphatic heterocycles. The Balaban J connectivity index is 1.17. The number of anilines is 1. The van der Waals surface area contributed by atoms with Crippen molar-refractivity contribution in [1.82, 2.24) is 34.1 Å². The van der Waals surface area contributed by atoms with E-state index in [-0.39, 0.29) is 0 Å². The zero-order valence-corrected chi connectivity index (χ0v) is 17.1. The molecule has 0 spiro atoms. The Bertz CT molecular complexity index is 1260. The third kappa shape index (κ3) is 3.12. The van der Waals surface area contributed by atoms with Gasteiger partial charge in [0.15, 0.2) is 11.5 Å². The summed E-state index contributed by atoms with van der Waals surface area (Å²) in [6.07, 6.45) is 4.16. The maximum Gasteiger partial charge on any atom is 0.186 e. The Labute approximate surface area is 177 Å². The molecular weight excluding hydrogens is 396 g/mol. The number of aromatic nitrogens is 6. The standard InChI is InChI=1S/C21H20N8S/c1-2-7-28-14-17(22-18(28)3-1)13-26-8-10-27(11-9-26)20-5-4-19-23-24-21(29(19)25-20)16-6-12-30-15-16/h1-7,12,14-15H,8-11,13H2. The highest BCUT2D eigenvalue weighted by atomic mass is 32.1. The van der Waals surface area contributed by atoms with Crippen LogP contribution in [0.5, 0.6) is 0 Å². The largest absolute Gasteiger partial charge is 0.353 e. The van der Waals surface area contributed by atoms with Gasteiger partial charge in [-0.05, 0) is 35.7 Å². The number of hydrogen-bond acceptors (Lipinski definition) is 7. The molecule has 0 N–H and O–H groups in total. The zero-order chi connectivity index (χ0) is 19.9. The molecule has 0 saturated carbocycles. The molecule has 1 saturated heterocycles.